The van der Waals surface area contributed by atoms with Crippen molar-refractivity contribution in [2.45, 2.75) is 0 Å². The normalized spacial score (nSPS) is 10.4. The summed E-state index contributed by atoms with van der Waals surface area (Å²) in [5.74, 6) is 0. The molecule has 0 saturated carbocycles. The number of anilines is 1. The van der Waals surface area contributed by atoms with Crippen molar-refractivity contribution in [2.24, 2.45) is 0 Å². The lowest BCUT2D eigenvalue weighted by atomic mass is 10.4. The Kier molecular flexibility index (Phi) is 0.858. The van der Waals surface area contributed by atoms with Crippen molar-refractivity contribution in [3.63, 3.8) is 0 Å². The fraction of sp³-hybridized carbons (Fsp3) is 0. The molecule has 0 spiro atoms. The third kappa shape index (κ3) is 0.540. The predicted octanol–water partition coefficient (Wildman–Crippen LogP) is 0.200. The van der Waals surface area contributed by atoms with E-state index < -0.39 is 0 Å². The number of nitrogen functional groups attached to an aromatic ring is 1. The maximum atomic E-state index is 5.50. The van der Waals surface area contributed by atoms with E-state index in [9.17, 15) is 0 Å². The molecule has 0 bridgehead atoms. The van der Waals surface area contributed by atoms with E-state index in [1.807, 2.05) is 0 Å². The van der Waals surface area contributed by atoms with Gasteiger partial charge in [0.2, 0.25) is 5.65 Å². The molecule has 0 amide bonds. The van der Waals surface area contributed by atoms with Crippen molar-refractivity contribution >= 4 is 16.9 Å². The lowest BCUT2D eigenvalue weighted by Crippen LogP contribution is -1.86. The summed E-state index contributed by atoms with van der Waals surface area (Å²) in [5, 5.41) is 7.05. The van der Waals surface area contributed by atoms with Crippen molar-refractivity contribution in [3.8, 4) is 0 Å². The monoisotopic (exact) mass is 136 g/mol. The van der Waals surface area contributed by atoms with Gasteiger partial charge in [0.1, 0.15) is 0 Å². The zero-order chi connectivity index (χ0) is 6.97. The molecule has 50 valence electrons. The topological polar surface area (TPSA) is 77.8 Å². The van der Waals surface area contributed by atoms with Crippen LogP contribution in [0.15, 0.2) is 16.9 Å². The van der Waals surface area contributed by atoms with E-state index in [1.54, 1.807) is 12.3 Å². The summed E-state index contributed by atoms with van der Waals surface area (Å²) in [6.07, 6.45) is 1.56. The first kappa shape index (κ1) is 5.16. The third-order valence-electron chi connectivity index (χ3n) is 1.20. The van der Waals surface area contributed by atoms with E-state index in [4.69, 9.17) is 5.73 Å². The van der Waals surface area contributed by atoms with Gasteiger partial charge in [-0.05, 0) is 16.4 Å². The molecular formula is C5H4N4O. The molecule has 0 aliphatic rings. The maximum Gasteiger partial charge on any atom is 0.226 e. The summed E-state index contributed by atoms with van der Waals surface area (Å²) >= 11 is 0. The highest BCUT2D eigenvalue weighted by molar-refractivity contribution is 5.81. The number of nitrogens with two attached hydrogens (primary N) is 1. The molecule has 0 saturated heterocycles. The fourth-order valence-electron chi connectivity index (χ4n) is 0.718. The molecule has 2 N–H and O–H groups in total. The second kappa shape index (κ2) is 1.66. The van der Waals surface area contributed by atoms with Gasteiger partial charge in [-0.2, -0.15) is 0 Å². The molecule has 0 aliphatic heterocycles. The number of pyridine rings is 1. The molecule has 2 aromatic rings. The maximum absolute atomic E-state index is 5.50. The minimum atomic E-state index is 0.444. The van der Waals surface area contributed by atoms with E-state index in [1.165, 1.54) is 0 Å². The highest BCUT2D eigenvalue weighted by Crippen LogP contribution is 2.12. The van der Waals surface area contributed by atoms with Gasteiger partial charge in [-0.25, -0.2) is 9.61 Å². The van der Waals surface area contributed by atoms with Crippen LogP contribution < -0.4 is 5.73 Å². The molecular weight excluding hydrogens is 132 g/mol. The van der Waals surface area contributed by atoms with Gasteiger partial charge in [-0.3, -0.25) is 0 Å². The molecule has 5 heteroatoms. The Balaban J connectivity index is 2.95. The SMILES string of the molecule is Nc1ccnc2nonc12. The Hall–Kier alpha value is -1.65. The molecule has 2 rings (SSSR count). The molecule has 0 radical (unpaired) electrons. The molecule has 0 aliphatic carbocycles. The highest BCUT2D eigenvalue weighted by atomic mass is 16.6. The van der Waals surface area contributed by atoms with Crippen molar-refractivity contribution in [2.75, 3.05) is 5.73 Å². The van der Waals surface area contributed by atoms with Crippen LogP contribution in [0.1, 0.15) is 0 Å². The van der Waals surface area contributed by atoms with Gasteiger partial charge >= 0.3 is 0 Å². The van der Waals surface area contributed by atoms with E-state index in [-0.39, 0.29) is 0 Å². The van der Waals surface area contributed by atoms with Crippen LogP contribution in [0.2, 0.25) is 0 Å². The first-order valence-corrected chi connectivity index (χ1v) is 2.70. The van der Waals surface area contributed by atoms with Gasteiger partial charge in [-0.1, -0.05) is 0 Å². The quantitative estimate of drug-likeness (QED) is 0.559. The van der Waals surface area contributed by atoms with Crippen LogP contribution in [0, 0.1) is 0 Å². The summed E-state index contributed by atoms with van der Waals surface area (Å²) < 4.78 is 4.40. The molecule has 0 aromatic carbocycles. The van der Waals surface area contributed by atoms with Gasteiger partial charge in [-0.15, -0.1) is 0 Å². The van der Waals surface area contributed by atoms with Gasteiger partial charge in [0.25, 0.3) is 0 Å². The summed E-state index contributed by atoms with van der Waals surface area (Å²) in [6.45, 7) is 0. The van der Waals surface area contributed by atoms with Gasteiger partial charge in [0, 0.05) is 6.20 Å². The minimum absolute atomic E-state index is 0.444. The van der Waals surface area contributed by atoms with Crippen molar-refractivity contribution < 1.29 is 4.63 Å². The summed E-state index contributed by atoms with van der Waals surface area (Å²) in [7, 11) is 0. The molecule has 10 heavy (non-hydrogen) atoms. The van der Waals surface area contributed by atoms with E-state index in [2.05, 4.69) is 19.9 Å². The predicted molar refractivity (Wildman–Crippen MR) is 34.0 cm³/mol. The highest BCUT2D eigenvalue weighted by Gasteiger charge is 2.02. The van der Waals surface area contributed by atoms with Gasteiger partial charge in [0.15, 0.2) is 5.52 Å². The Morgan fingerprint density at radius 2 is 2.30 bits per heavy atom. The number of rotatable bonds is 0. The number of nitrogens with zero attached hydrogens (tertiary/aromatic N) is 3. The third-order valence-corrected chi connectivity index (χ3v) is 1.20. The Morgan fingerprint density at radius 3 is 3.10 bits per heavy atom. The Morgan fingerprint density at radius 1 is 1.40 bits per heavy atom. The van der Waals surface area contributed by atoms with Crippen LogP contribution in [-0.2, 0) is 0 Å². The number of hydrogen-bond donors (Lipinski definition) is 1. The summed E-state index contributed by atoms with van der Waals surface area (Å²) in [6, 6.07) is 1.65. The van der Waals surface area contributed by atoms with E-state index >= 15 is 0 Å². The zero-order valence-electron chi connectivity index (χ0n) is 4.98. The van der Waals surface area contributed by atoms with Crippen LogP contribution in [-0.4, -0.2) is 15.3 Å². The number of aromatic nitrogens is 3. The largest absolute Gasteiger partial charge is 0.397 e. The molecule has 2 heterocycles. The Bertz CT molecular complexity index is 355. The van der Waals surface area contributed by atoms with Crippen LogP contribution >= 0.6 is 0 Å². The second-order valence-corrected chi connectivity index (χ2v) is 1.84. The summed E-state index contributed by atoms with van der Waals surface area (Å²) in [4.78, 5) is 3.85. The minimum Gasteiger partial charge on any atom is -0.397 e. The van der Waals surface area contributed by atoms with Crippen molar-refractivity contribution in [3.05, 3.63) is 12.3 Å². The van der Waals surface area contributed by atoms with Crippen molar-refractivity contribution in [1.82, 2.24) is 15.3 Å². The lowest BCUT2D eigenvalue weighted by molar-refractivity contribution is 0.315. The smallest absolute Gasteiger partial charge is 0.226 e. The van der Waals surface area contributed by atoms with E-state index in [0.29, 0.717) is 16.9 Å². The second-order valence-electron chi connectivity index (χ2n) is 1.84. The standard InChI is InChI=1S/C5H4N4O/c6-3-1-2-7-5-4(3)8-10-9-5/h1-2H,6H2. The van der Waals surface area contributed by atoms with E-state index in [0.717, 1.165) is 0 Å². The number of fused-ring (bicyclic) bond motifs is 1. The average molecular weight is 136 g/mol. The first-order valence-electron chi connectivity index (χ1n) is 2.70. The molecule has 2 aromatic heterocycles. The average Bonchev–Trinajstić information content (AvgIpc) is 2.36. The molecule has 0 unspecified atom stereocenters. The molecule has 0 atom stereocenters. The Labute approximate surface area is 55.8 Å². The van der Waals surface area contributed by atoms with Crippen LogP contribution in [0.4, 0.5) is 5.69 Å². The van der Waals surface area contributed by atoms with Crippen LogP contribution in [0.25, 0.3) is 11.2 Å². The van der Waals surface area contributed by atoms with Gasteiger partial charge in [0.05, 0.1) is 5.69 Å². The molecule has 0 fully saturated rings. The lowest BCUT2D eigenvalue weighted by Gasteiger charge is -1.86. The van der Waals surface area contributed by atoms with Crippen LogP contribution in [0.3, 0.4) is 0 Å². The van der Waals surface area contributed by atoms with Crippen LogP contribution in [0.5, 0.6) is 0 Å². The first-order chi connectivity index (χ1) is 4.88. The van der Waals surface area contributed by atoms with Gasteiger partial charge < -0.3 is 5.73 Å². The zero-order valence-corrected chi connectivity index (χ0v) is 4.98. The van der Waals surface area contributed by atoms with Crippen molar-refractivity contribution in [1.29, 1.82) is 0 Å². The summed E-state index contributed by atoms with van der Waals surface area (Å²) in [5.41, 5.74) is 6.99. The fourth-order valence-corrected chi connectivity index (χ4v) is 0.718. The number of hydrogen-bond acceptors (Lipinski definition) is 5. The molecule has 5 nitrogen and oxygen atoms in total.